The number of para-hydroxylation sites is 1. The zero-order valence-corrected chi connectivity index (χ0v) is 17.2. The first-order valence-electron chi connectivity index (χ1n) is 8.60. The van der Waals surface area contributed by atoms with Gasteiger partial charge >= 0.3 is 0 Å². The van der Waals surface area contributed by atoms with E-state index in [0.717, 1.165) is 44.0 Å². The average molecular weight is 414 g/mol. The van der Waals surface area contributed by atoms with Gasteiger partial charge in [-0.25, -0.2) is 4.99 Å². The molecule has 0 aliphatic carbocycles. The van der Waals surface area contributed by atoms with Crippen LogP contribution in [0.4, 0.5) is 5.69 Å². The lowest BCUT2D eigenvalue weighted by Crippen LogP contribution is -2.53. The summed E-state index contributed by atoms with van der Waals surface area (Å²) in [5.74, 6) is 1.10. The maximum absolute atomic E-state index is 9.26. The number of aliphatic imine (C=N–C) groups is 1. The third-order valence-corrected chi connectivity index (χ3v) is 5.83. The zero-order valence-electron chi connectivity index (χ0n) is 14.8. The second-order valence-electron chi connectivity index (χ2n) is 6.54. The van der Waals surface area contributed by atoms with E-state index >= 15 is 0 Å². The Balaban J connectivity index is 0.00000121. The summed E-state index contributed by atoms with van der Waals surface area (Å²) in [5, 5.41) is 12.8. The van der Waals surface area contributed by atoms with Gasteiger partial charge < -0.3 is 15.3 Å². The molecule has 4 rings (SSSR count). The molecule has 1 aromatic carbocycles. The molecule has 2 aliphatic rings. The summed E-state index contributed by atoms with van der Waals surface area (Å²) in [4.78, 5) is 10.2. The van der Waals surface area contributed by atoms with Crippen molar-refractivity contribution in [1.82, 2.24) is 10.2 Å². The summed E-state index contributed by atoms with van der Waals surface area (Å²) in [6, 6.07) is 11.1. The van der Waals surface area contributed by atoms with Crippen LogP contribution in [0.15, 0.2) is 35.3 Å². The predicted octanol–water partition coefficient (Wildman–Crippen LogP) is 3.54. The number of aliphatic hydroxyl groups excluding tert-OH is 1. The highest BCUT2D eigenvalue weighted by molar-refractivity contribution is 7.12. The van der Waals surface area contributed by atoms with Crippen molar-refractivity contribution in [1.29, 1.82) is 0 Å². The number of rotatable bonds is 2. The molecule has 2 aromatic rings. The van der Waals surface area contributed by atoms with Crippen LogP contribution in [0.2, 0.25) is 0 Å². The van der Waals surface area contributed by atoms with E-state index in [1.807, 2.05) is 11.3 Å². The molecule has 0 radical (unpaired) electrons. The molecule has 4 nitrogen and oxygen atoms in total. The zero-order chi connectivity index (χ0) is 16.5. The topological polar surface area (TPSA) is 47.9 Å². The van der Waals surface area contributed by atoms with E-state index in [4.69, 9.17) is 4.99 Å². The minimum Gasteiger partial charge on any atom is -0.396 e. The van der Waals surface area contributed by atoms with Gasteiger partial charge in [0.25, 0.3) is 0 Å². The van der Waals surface area contributed by atoms with Gasteiger partial charge in [-0.2, -0.15) is 0 Å². The number of benzene rings is 1. The molecule has 142 valence electrons. The lowest BCUT2D eigenvalue weighted by atomic mass is 10.1. The minimum absolute atomic E-state index is 0. The average Bonchev–Trinajstić information content (AvgIpc) is 2.87. The Bertz CT molecular complexity index is 776. The highest BCUT2D eigenvalue weighted by atomic mass is 35.5. The molecule has 2 aliphatic heterocycles. The second kappa shape index (κ2) is 9.20. The molecule has 0 saturated carbocycles. The summed E-state index contributed by atoms with van der Waals surface area (Å²) >= 11 is 1.88. The number of fused-ring (bicyclic) bond motifs is 2. The fraction of sp³-hybridized carbons (Fsp3) is 0.421. The largest absolute Gasteiger partial charge is 0.396 e. The lowest BCUT2D eigenvalue weighted by molar-refractivity contribution is 0.223. The maximum atomic E-state index is 9.26. The number of amidine groups is 1. The van der Waals surface area contributed by atoms with Gasteiger partial charge in [0.15, 0.2) is 0 Å². The highest BCUT2D eigenvalue weighted by Crippen LogP contribution is 2.34. The van der Waals surface area contributed by atoms with Crippen LogP contribution in [0.5, 0.6) is 0 Å². The molecule has 1 fully saturated rings. The van der Waals surface area contributed by atoms with Crippen LogP contribution in [-0.2, 0) is 6.42 Å². The third-order valence-electron chi connectivity index (χ3n) is 4.77. The van der Waals surface area contributed by atoms with Crippen molar-refractivity contribution in [3.63, 3.8) is 0 Å². The van der Waals surface area contributed by atoms with Crippen molar-refractivity contribution in [3.05, 3.63) is 51.2 Å². The molecular weight excluding hydrogens is 389 g/mol. The Kier molecular flexibility index (Phi) is 7.50. The fourth-order valence-electron chi connectivity index (χ4n) is 3.61. The Labute approximate surface area is 171 Å². The van der Waals surface area contributed by atoms with E-state index in [0.29, 0.717) is 6.04 Å². The van der Waals surface area contributed by atoms with Crippen molar-refractivity contribution < 1.29 is 5.11 Å². The van der Waals surface area contributed by atoms with Crippen molar-refractivity contribution in [2.24, 2.45) is 4.99 Å². The van der Waals surface area contributed by atoms with Gasteiger partial charge in [0.2, 0.25) is 0 Å². The number of nitrogens with zero attached hydrogens (tertiary/aromatic N) is 2. The summed E-state index contributed by atoms with van der Waals surface area (Å²) in [7, 11) is 0. The molecule has 7 heteroatoms. The van der Waals surface area contributed by atoms with Crippen molar-refractivity contribution in [2.45, 2.75) is 25.8 Å². The summed E-state index contributed by atoms with van der Waals surface area (Å²) in [6.07, 6.45) is 1.75. The van der Waals surface area contributed by atoms with Crippen LogP contribution >= 0.6 is 36.2 Å². The van der Waals surface area contributed by atoms with Crippen molar-refractivity contribution in [2.75, 3.05) is 26.2 Å². The van der Waals surface area contributed by atoms with E-state index in [9.17, 15) is 5.11 Å². The van der Waals surface area contributed by atoms with E-state index in [2.05, 4.69) is 47.5 Å². The highest BCUT2D eigenvalue weighted by Gasteiger charge is 2.27. The third kappa shape index (κ3) is 4.24. The van der Waals surface area contributed by atoms with Gasteiger partial charge in [-0.05, 0) is 31.0 Å². The molecule has 0 bridgehead atoms. The first kappa shape index (κ1) is 21.2. The number of halogens is 2. The van der Waals surface area contributed by atoms with Crippen molar-refractivity contribution >= 4 is 47.7 Å². The number of thiophene rings is 1. The first-order valence-corrected chi connectivity index (χ1v) is 9.41. The van der Waals surface area contributed by atoms with Crippen LogP contribution in [0.3, 0.4) is 0 Å². The van der Waals surface area contributed by atoms with Crippen LogP contribution < -0.4 is 5.32 Å². The molecule has 1 aromatic heterocycles. The van der Waals surface area contributed by atoms with Crippen LogP contribution in [0.1, 0.15) is 27.3 Å². The maximum Gasteiger partial charge on any atom is 0.137 e. The monoisotopic (exact) mass is 413 g/mol. The molecular formula is C19H25Cl2N3OS. The van der Waals surface area contributed by atoms with Crippen LogP contribution in [0.25, 0.3) is 0 Å². The summed E-state index contributed by atoms with van der Waals surface area (Å²) in [6.45, 7) is 5.19. The Morgan fingerprint density at radius 3 is 2.92 bits per heavy atom. The van der Waals surface area contributed by atoms with Gasteiger partial charge in [0.05, 0.1) is 5.69 Å². The molecule has 1 atom stereocenters. The summed E-state index contributed by atoms with van der Waals surface area (Å²) < 4.78 is 0. The molecule has 0 spiro atoms. The SMILES string of the molecule is Cc1cc2c(s1)Cc1ccccc1N=C2N1CCNC(CCO)C1.Cl.Cl. The Hall–Kier alpha value is -1.11. The van der Waals surface area contributed by atoms with Gasteiger partial charge in [0, 0.05) is 54.0 Å². The Morgan fingerprint density at radius 1 is 1.31 bits per heavy atom. The second-order valence-corrected chi connectivity index (χ2v) is 7.89. The molecule has 3 heterocycles. The number of aliphatic hydroxyl groups is 1. The van der Waals surface area contributed by atoms with E-state index in [1.54, 1.807) is 0 Å². The smallest absolute Gasteiger partial charge is 0.137 e. The molecule has 2 N–H and O–H groups in total. The molecule has 0 amide bonds. The number of hydrogen-bond acceptors (Lipinski definition) is 5. The van der Waals surface area contributed by atoms with Crippen molar-refractivity contribution in [3.8, 4) is 0 Å². The lowest BCUT2D eigenvalue weighted by Gasteiger charge is -2.35. The molecule has 26 heavy (non-hydrogen) atoms. The number of piperazine rings is 1. The van der Waals surface area contributed by atoms with Gasteiger partial charge in [-0.1, -0.05) is 18.2 Å². The quantitative estimate of drug-likeness (QED) is 0.791. The van der Waals surface area contributed by atoms with Crippen LogP contribution in [-0.4, -0.2) is 48.1 Å². The van der Waals surface area contributed by atoms with E-state index in [1.165, 1.54) is 20.9 Å². The first-order chi connectivity index (χ1) is 11.7. The van der Waals surface area contributed by atoms with E-state index in [-0.39, 0.29) is 31.4 Å². The van der Waals surface area contributed by atoms with Gasteiger partial charge in [0.1, 0.15) is 5.84 Å². The van der Waals surface area contributed by atoms with Gasteiger partial charge in [-0.3, -0.25) is 0 Å². The number of aryl methyl sites for hydroxylation is 1. The number of hydrogen-bond donors (Lipinski definition) is 2. The number of nitrogens with one attached hydrogen (secondary N) is 1. The molecule has 1 saturated heterocycles. The van der Waals surface area contributed by atoms with Crippen LogP contribution in [0, 0.1) is 6.92 Å². The fourth-order valence-corrected chi connectivity index (χ4v) is 4.66. The standard InChI is InChI=1S/C19H23N3OS.2ClH/c1-13-10-16-18(24-13)11-14-4-2-3-5-17(14)21-19(16)22-8-7-20-15(12-22)6-9-23;;/h2-5,10,15,20,23H,6-9,11-12H2,1H3;2*1H. The predicted molar refractivity (Wildman–Crippen MR) is 114 cm³/mol. The van der Waals surface area contributed by atoms with Gasteiger partial charge in [-0.15, -0.1) is 36.2 Å². The van der Waals surface area contributed by atoms with E-state index < -0.39 is 0 Å². The minimum atomic E-state index is 0. The Morgan fingerprint density at radius 2 is 2.12 bits per heavy atom. The summed E-state index contributed by atoms with van der Waals surface area (Å²) in [5.41, 5.74) is 3.68. The normalized spacial score (nSPS) is 18.6. The molecule has 1 unspecified atom stereocenters.